The van der Waals surface area contributed by atoms with Crippen LogP contribution in [0, 0.1) is 5.82 Å². The van der Waals surface area contributed by atoms with Crippen molar-refractivity contribution in [2.24, 2.45) is 0 Å². The lowest BCUT2D eigenvalue weighted by atomic mass is 10.2. The van der Waals surface area contributed by atoms with E-state index in [2.05, 4.69) is 25.9 Å². The number of halogens is 1. The second kappa shape index (κ2) is 8.56. The third-order valence-corrected chi connectivity index (χ3v) is 4.41. The molecule has 0 spiro atoms. The first-order valence-corrected chi connectivity index (χ1v) is 9.31. The lowest BCUT2D eigenvalue weighted by Crippen LogP contribution is -2.28. The predicted octanol–water partition coefficient (Wildman–Crippen LogP) is 2.78. The summed E-state index contributed by atoms with van der Waals surface area (Å²) in [5.41, 5.74) is 2.73. The maximum Gasteiger partial charge on any atom is 0.251 e. The van der Waals surface area contributed by atoms with Crippen molar-refractivity contribution in [1.82, 2.24) is 25.1 Å². The summed E-state index contributed by atoms with van der Waals surface area (Å²) in [6, 6.07) is 16.5. The van der Waals surface area contributed by atoms with Gasteiger partial charge in [-0.05, 0) is 54.6 Å². The summed E-state index contributed by atoms with van der Waals surface area (Å²) >= 11 is 0. The van der Waals surface area contributed by atoms with Crippen LogP contribution in [0.1, 0.15) is 10.4 Å². The Balaban J connectivity index is 1.37. The zero-order valence-electron chi connectivity index (χ0n) is 16.2. The van der Waals surface area contributed by atoms with E-state index in [4.69, 9.17) is 4.74 Å². The quantitative estimate of drug-likeness (QED) is 0.459. The molecule has 0 aliphatic rings. The van der Waals surface area contributed by atoms with E-state index >= 15 is 0 Å². The van der Waals surface area contributed by atoms with Crippen LogP contribution in [-0.2, 0) is 0 Å². The number of amides is 1. The van der Waals surface area contributed by atoms with Gasteiger partial charge in [-0.15, -0.1) is 15.3 Å². The second-order valence-corrected chi connectivity index (χ2v) is 6.40. The molecule has 2 N–H and O–H groups in total. The fourth-order valence-corrected chi connectivity index (χ4v) is 2.84. The average Bonchev–Trinajstić information content (AvgIpc) is 3.20. The number of nitrogens with one attached hydrogen (secondary N) is 2. The molecule has 2 heterocycles. The molecular weight excluding hydrogens is 387 g/mol. The number of hydrogen-bond acceptors (Lipinski definition) is 6. The van der Waals surface area contributed by atoms with Crippen LogP contribution in [0.2, 0.25) is 0 Å². The minimum Gasteiger partial charge on any atom is -0.475 e. The normalized spacial score (nSPS) is 10.7. The number of aromatic nitrogens is 4. The maximum atomic E-state index is 13.2. The molecule has 0 aliphatic carbocycles. The first-order valence-electron chi connectivity index (χ1n) is 9.31. The first kappa shape index (κ1) is 19.3. The number of nitrogens with zero attached hydrogens (tertiary/aromatic N) is 4. The highest BCUT2D eigenvalue weighted by Crippen LogP contribution is 2.19. The molecule has 2 aromatic heterocycles. The summed E-state index contributed by atoms with van der Waals surface area (Å²) in [6.07, 6.45) is 0. The van der Waals surface area contributed by atoms with E-state index in [0.717, 1.165) is 5.69 Å². The number of carbonyl (C=O) groups excluding carboxylic acids is 1. The minimum absolute atomic E-state index is 0.179. The van der Waals surface area contributed by atoms with Gasteiger partial charge in [0.15, 0.2) is 11.5 Å². The Morgan fingerprint density at radius 1 is 1.03 bits per heavy atom. The van der Waals surface area contributed by atoms with Gasteiger partial charge < -0.3 is 15.4 Å². The number of anilines is 1. The van der Waals surface area contributed by atoms with Gasteiger partial charge in [-0.3, -0.25) is 4.79 Å². The van der Waals surface area contributed by atoms with Crippen molar-refractivity contribution in [3.8, 4) is 17.3 Å². The molecule has 0 unspecified atom stereocenters. The fourth-order valence-electron chi connectivity index (χ4n) is 2.84. The van der Waals surface area contributed by atoms with Gasteiger partial charge in [-0.1, -0.05) is 0 Å². The van der Waals surface area contributed by atoms with Gasteiger partial charge in [0.25, 0.3) is 5.91 Å². The van der Waals surface area contributed by atoms with Crippen molar-refractivity contribution in [3.63, 3.8) is 0 Å². The van der Waals surface area contributed by atoms with Crippen LogP contribution in [0.25, 0.3) is 17.0 Å². The molecule has 0 bridgehead atoms. The summed E-state index contributed by atoms with van der Waals surface area (Å²) in [4.78, 5) is 12.2. The van der Waals surface area contributed by atoms with Crippen LogP contribution in [0.15, 0.2) is 60.7 Å². The molecule has 4 aromatic rings. The van der Waals surface area contributed by atoms with Gasteiger partial charge in [0, 0.05) is 29.9 Å². The fraction of sp³-hybridized carbons (Fsp3) is 0.143. The van der Waals surface area contributed by atoms with Crippen LogP contribution < -0.4 is 15.4 Å². The van der Waals surface area contributed by atoms with E-state index in [9.17, 15) is 9.18 Å². The molecule has 0 aliphatic heterocycles. The summed E-state index contributed by atoms with van der Waals surface area (Å²) in [5, 5.41) is 18.4. The van der Waals surface area contributed by atoms with Gasteiger partial charge >= 0.3 is 0 Å². The molecule has 152 valence electrons. The van der Waals surface area contributed by atoms with Crippen LogP contribution in [0.5, 0.6) is 5.88 Å². The molecule has 8 nitrogen and oxygen atoms in total. The van der Waals surface area contributed by atoms with Crippen LogP contribution in [0.3, 0.4) is 0 Å². The standard InChI is InChI=1S/C21H19FN6O2/c1-23-17-8-4-15(5-9-17)21(29)24-12-13-30-19-11-10-18-25-26-20(28(18)27-19)14-2-6-16(22)7-3-14/h2-11,23H,12-13H2,1H3,(H,24,29). The van der Waals surface area contributed by atoms with Gasteiger partial charge in [0.1, 0.15) is 12.4 Å². The molecule has 30 heavy (non-hydrogen) atoms. The lowest BCUT2D eigenvalue weighted by molar-refractivity contribution is 0.0946. The van der Waals surface area contributed by atoms with Crippen LogP contribution >= 0.6 is 0 Å². The molecule has 0 saturated heterocycles. The number of rotatable bonds is 7. The molecule has 2 aromatic carbocycles. The highest BCUT2D eigenvalue weighted by atomic mass is 19.1. The van der Waals surface area contributed by atoms with Crippen molar-refractivity contribution < 1.29 is 13.9 Å². The Hall–Kier alpha value is -4.01. The van der Waals surface area contributed by atoms with E-state index in [1.54, 1.807) is 36.4 Å². The zero-order valence-corrected chi connectivity index (χ0v) is 16.2. The molecule has 9 heteroatoms. The Morgan fingerprint density at radius 3 is 2.53 bits per heavy atom. The van der Waals surface area contributed by atoms with Gasteiger partial charge in [-0.25, -0.2) is 4.39 Å². The second-order valence-electron chi connectivity index (χ2n) is 6.40. The lowest BCUT2D eigenvalue weighted by Gasteiger charge is -2.08. The number of hydrogen-bond donors (Lipinski definition) is 2. The number of ether oxygens (including phenoxy) is 1. The number of carbonyl (C=O) groups is 1. The average molecular weight is 406 g/mol. The van der Waals surface area contributed by atoms with Crippen molar-refractivity contribution >= 4 is 17.2 Å². The first-order chi connectivity index (χ1) is 14.6. The SMILES string of the molecule is CNc1ccc(C(=O)NCCOc2ccc3nnc(-c4ccc(F)cc4)n3n2)cc1. The van der Waals surface area contributed by atoms with Crippen LogP contribution in [0.4, 0.5) is 10.1 Å². The van der Waals surface area contributed by atoms with E-state index in [1.165, 1.54) is 16.6 Å². The maximum absolute atomic E-state index is 13.2. The van der Waals surface area contributed by atoms with E-state index in [1.807, 2.05) is 19.2 Å². The minimum atomic E-state index is -0.329. The van der Waals surface area contributed by atoms with Gasteiger partial charge in [-0.2, -0.15) is 4.52 Å². The van der Waals surface area contributed by atoms with Crippen molar-refractivity contribution in [3.05, 3.63) is 72.0 Å². The Bertz CT molecular complexity index is 1160. The summed E-state index contributed by atoms with van der Waals surface area (Å²) in [7, 11) is 1.82. The Kier molecular flexibility index (Phi) is 5.51. The smallest absolute Gasteiger partial charge is 0.251 e. The highest BCUT2D eigenvalue weighted by Gasteiger charge is 2.11. The van der Waals surface area contributed by atoms with Gasteiger partial charge in [0.2, 0.25) is 5.88 Å². The Labute approximate surface area is 171 Å². The van der Waals surface area contributed by atoms with E-state index in [0.29, 0.717) is 35.0 Å². The molecule has 0 saturated carbocycles. The predicted molar refractivity (Wildman–Crippen MR) is 110 cm³/mol. The number of fused-ring (bicyclic) bond motifs is 1. The monoisotopic (exact) mass is 406 g/mol. The molecule has 4 rings (SSSR count). The molecule has 1 amide bonds. The molecule has 0 fully saturated rings. The highest BCUT2D eigenvalue weighted by molar-refractivity contribution is 5.94. The summed E-state index contributed by atoms with van der Waals surface area (Å²) < 4.78 is 20.3. The zero-order chi connectivity index (χ0) is 20.9. The third kappa shape index (κ3) is 4.19. The summed E-state index contributed by atoms with van der Waals surface area (Å²) in [5.74, 6) is 0.332. The third-order valence-electron chi connectivity index (χ3n) is 4.41. The molecular formula is C21H19FN6O2. The summed E-state index contributed by atoms with van der Waals surface area (Å²) in [6.45, 7) is 0.562. The van der Waals surface area contributed by atoms with E-state index < -0.39 is 0 Å². The Morgan fingerprint density at radius 2 is 1.80 bits per heavy atom. The van der Waals surface area contributed by atoms with Crippen molar-refractivity contribution in [2.75, 3.05) is 25.5 Å². The number of benzene rings is 2. The molecule has 0 atom stereocenters. The molecule has 0 radical (unpaired) electrons. The van der Waals surface area contributed by atoms with Crippen molar-refractivity contribution in [2.45, 2.75) is 0 Å². The van der Waals surface area contributed by atoms with E-state index in [-0.39, 0.29) is 18.3 Å². The topological polar surface area (TPSA) is 93.4 Å². The van der Waals surface area contributed by atoms with Crippen LogP contribution in [-0.4, -0.2) is 45.9 Å². The van der Waals surface area contributed by atoms with Gasteiger partial charge in [0.05, 0.1) is 6.54 Å². The largest absolute Gasteiger partial charge is 0.475 e. The van der Waals surface area contributed by atoms with Crippen molar-refractivity contribution in [1.29, 1.82) is 0 Å².